The first-order valence-electron chi connectivity index (χ1n) is 16.1. The van der Waals surface area contributed by atoms with E-state index in [0.29, 0.717) is 47.2 Å². The van der Waals surface area contributed by atoms with Crippen LogP contribution < -0.4 is 5.32 Å². The Balaban J connectivity index is 1.40. The number of ether oxygens (including phenoxy) is 1. The van der Waals surface area contributed by atoms with E-state index in [4.69, 9.17) is 9.72 Å². The van der Waals surface area contributed by atoms with Crippen LogP contribution in [0.3, 0.4) is 0 Å². The van der Waals surface area contributed by atoms with Crippen LogP contribution >= 0.6 is 0 Å². The van der Waals surface area contributed by atoms with Gasteiger partial charge in [0, 0.05) is 24.2 Å². The van der Waals surface area contributed by atoms with Gasteiger partial charge in [-0.1, -0.05) is 83.1 Å². The van der Waals surface area contributed by atoms with Gasteiger partial charge in [0.05, 0.1) is 21.7 Å². The summed E-state index contributed by atoms with van der Waals surface area (Å²) in [5.41, 5.74) is 7.19. The number of para-hydroxylation sites is 1. The number of hydrogen-bond acceptors (Lipinski definition) is 6. The predicted octanol–water partition coefficient (Wildman–Crippen LogP) is 7.54. The van der Waals surface area contributed by atoms with Gasteiger partial charge in [0.1, 0.15) is 0 Å². The first-order chi connectivity index (χ1) is 22.3. The number of aromatic nitrogens is 1. The average Bonchev–Trinajstić information content (AvgIpc) is 3.04. The summed E-state index contributed by atoms with van der Waals surface area (Å²) in [6.45, 7) is 12.0. The van der Waals surface area contributed by atoms with E-state index in [-0.39, 0.29) is 10.3 Å². The van der Waals surface area contributed by atoms with Gasteiger partial charge in [0.15, 0.2) is 6.61 Å². The van der Waals surface area contributed by atoms with Crippen LogP contribution in [0.1, 0.15) is 85.8 Å². The molecule has 1 aliphatic rings. The van der Waals surface area contributed by atoms with Crippen molar-refractivity contribution in [3.63, 3.8) is 0 Å². The number of anilines is 1. The minimum absolute atomic E-state index is 0.0600. The Hall–Kier alpha value is -4.34. The van der Waals surface area contributed by atoms with E-state index < -0.39 is 28.5 Å². The Morgan fingerprint density at radius 2 is 1.68 bits per heavy atom. The lowest BCUT2D eigenvalue weighted by Gasteiger charge is -2.23. The second-order valence-corrected chi connectivity index (χ2v) is 14.9. The van der Waals surface area contributed by atoms with Crippen molar-refractivity contribution in [1.29, 1.82) is 0 Å². The van der Waals surface area contributed by atoms with Crippen molar-refractivity contribution in [3.05, 3.63) is 100 Å². The summed E-state index contributed by atoms with van der Waals surface area (Å²) in [6.07, 6.45) is 4.49. The maximum atomic E-state index is 13.7. The molecule has 0 unspecified atom stereocenters. The van der Waals surface area contributed by atoms with E-state index >= 15 is 0 Å². The summed E-state index contributed by atoms with van der Waals surface area (Å²) in [5.74, 6) is -1.16. The Morgan fingerprint density at radius 3 is 2.36 bits per heavy atom. The van der Waals surface area contributed by atoms with Crippen LogP contribution in [0.15, 0.2) is 71.6 Å². The number of nitrogens with zero attached hydrogens (tertiary/aromatic N) is 2. The van der Waals surface area contributed by atoms with E-state index in [0.717, 1.165) is 35.2 Å². The fourth-order valence-electron chi connectivity index (χ4n) is 5.99. The van der Waals surface area contributed by atoms with Gasteiger partial charge in [0.25, 0.3) is 5.91 Å². The summed E-state index contributed by atoms with van der Waals surface area (Å²) >= 11 is 0. The molecule has 1 amide bonds. The molecule has 1 aromatic heterocycles. The van der Waals surface area contributed by atoms with Crippen molar-refractivity contribution in [2.75, 3.05) is 25.0 Å². The first-order valence-corrected chi connectivity index (χ1v) is 17.6. The molecule has 47 heavy (non-hydrogen) atoms. The molecule has 246 valence electrons. The zero-order valence-electron chi connectivity index (χ0n) is 28.0. The lowest BCUT2D eigenvalue weighted by atomic mass is 9.85. The zero-order valence-corrected chi connectivity index (χ0v) is 28.8. The summed E-state index contributed by atoms with van der Waals surface area (Å²) in [6, 6.07) is 20.6. The molecular formula is C38H43N3O5S. The average molecular weight is 654 g/mol. The molecular weight excluding hydrogens is 611 g/mol. The zero-order chi connectivity index (χ0) is 33.9. The largest absolute Gasteiger partial charge is 0.452 e. The van der Waals surface area contributed by atoms with Crippen LogP contribution in [0.5, 0.6) is 0 Å². The number of carbonyl (C=O) groups is 2. The number of amides is 1. The molecule has 1 aliphatic carbocycles. The Labute approximate surface area is 277 Å². The topological polar surface area (TPSA) is 106 Å². The minimum atomic E-state index is -3.71. The molecule has 0 saturated heterocycles. The van der Waals surface area contributed by atoms with Gasteiger partial charge in [-0.3, -0.25) is 4.79 Å². The molecule has 9 heteroatoms. The molecule has 0 atom stereocenters. The van der Waals surface area contributed by atoms with Crippen LogP contribution in [0.4, 0.5) is 5.69 Å². The normalized spacial score (nSPS) is 14.3. The van der Waals surface area contributed by atoms with E-state index in [2.05, 4.69) is 56.4 Å². The van der Waals surface area contributed by atoms with E-state index in [9.17, 15) is 18.0 Å². The van der Waals surface area contributed by atoms with Crippen molar-refractivity contribution in [3.8, 4) is 0 Å². The molecule has 0 bridgehead atoms. The third-order valence-electron chi connectivity index (χ3n) is 8.65. The molecule has 0 saturated carbocycles. The van der Waals surface area contributed by atoms with E-state index in [1.807, 2.05) is 24.3 Å². The molecule has 1 heterocycles. The quantitative estimate of drug-likeness (QED) is 0.187. The number of rotatable bonds is 9. The maximum absolute atomic E-state index is 13.7. The van der Waals surface area contributed by atoms with Crippen molar-refractivity contribution in [2.24, 2.45) is 0 Å². The highest BCUT2D eigenvalue weighted by atomic mass is 32.2. The third-order valence-corrected chi connectivity index (χ3v) is 10.7. The Kier molecular flexibility index (Phi) is 9.98. The number of esters is 1. The molecule has 5 rings (SSSR count). The van der Waals surface area contributed by atoms with Crippen LogP contribution in [0.25, 0.3) is 22.6 Å². The van der Waals surface area contributed by atoms with E-state index in [1.54, 1.807) is 26.8 Å². The number of aryl methyl sites for hydroxylation is 1. The van der Waals surface area contributed by atoms with E-state index in [1.165, 1.54) is 22.0 Å². The van der Waals surface area contributed by atoms with Gasteiger partial charge in [-0.05, 0) is 83.7 Å². The summed E-state index contributed by atoms with van der Waals surface area (Å²) < 4.78 is 33.1. The smallest absolute Gasteiger partial charge is 0.339 e. The van der Waals surface area contributed by atoms with Crippen molar-refractivity contribution in [1.82, 2.24) is 9.29 Å². The fraction of sp³-hybridized carbons (Fsp3) is 0.342. The van der Waals surface area contributed by atoms with Gasteiger partial charge < -0.3 is 10.1 Å². The number of benzene rings is 3. The summed E-state index contributed by atoms with van der Waals surface area (Å²) in [7, 11) is -3.71. The number of fused-ring (bicyclic) bond motifs is 2. The van der Waals surface area contributed by atoms with Crippen LogP contribution in [-0.4, -0.2) is 49.3 Å². The minimum Gasteiger partial charge on any atom is -0.452 e. The highest BCUT2D eigenvalue weighted by Gasteiger charge is 2.27. The predicted molar refractivity (Wildman–Crippen MR) is 188 cm³/mol. The lowest BCUT2D eigenvalue weighted by Crippen LogP contribution is -2.30. The van der Waals surface area contributed by atoms with Gasteiger partial charge in [-0.2, -0.15) is 4.31 Å². The first kappa shape index (κ1) is 34.0. The number of nitrogens with one attached hydrogen (secondary N) is 1. The number of allylic oxidation sites excluding steroid dienone is 1. The molecule has 3 aromatic carbocycles. The highest BCUT2D eigenvalue weighted by Crippen LogP contribution is 2.37. The SMILES string of the molecule is CCN(CC)S(=O)(=O)c1ccc(C)c(NC(=O)COC(=O)c2c3c(nc4ccccc24)C(=Cc2ccc(C(C)(C)C)cc2)CCC3)c1. The summed E-state index contributed by atoms with van der Waals surface area (Å²) in [5, 5.41) is 3.41. The fourth-order valence-corrected chi connectivity index (χ4v) is 7.47. The highest BCUT2D eigenvalue weighted by molar-refractivity contribution is 7.89. The molecule has 1 N–H and O–H groups in total. The van der Waals surface area contributed by atoms with Crippen LogP contribution in [0, 0.1) is 6.92 Å². The number of sulfonamides is 1. The van der Waals surface area contributed by atoms with Crippen LogP contribution in [0.2, 0.25) is 0 Å². The third kappa shape index (κ3) is 7.31. The number of pyridine rings is 1. The van der Waals surface area contributed by atoms with Crippen LogP contribution in [-0.2, 0) is 31.4 Å². The molecule has 0 radical (unpaired) electrons. The standard InChI is InChI=1S/C38H43N3O5S/c1-7-41(8-2)47(44,45)29-21-16-25(3)33(23-29)39-34(42)24-46-37(43)35-30-13-9-10-15-32(30)40-36-27(12-11-14-31(35)36)22-26-17-19-28(20-18-26)38(4,5)6/h9-10,13,15-23H,7-8,11-12,14,24H2,1-6H3,(H,39,42). The molecule has 0 fully saturated rings. The second-order valence-electron chi connectivity index (χ2n) is 12.9. The second kappa shape index (κ2) is 13.8. The number of carbonyl (C=O) groups excluding carboxylic acids is 2. The monoisotopic (exact) mass is 653 g/mol. The van der Waals surface area contributed by atoms with Gasteiger partial charge in [-0.15, -0.1) is 0 Å². The summed E-state index contributed by atoms with van der Waals surface area (Å²) in [4.78, 5) is 31.9. The molecule has 0 aliphatic heterocycles. The van der Waals surface area contributed by atoms with Crippen molar-refractivity contribution < 1.29 is 22.7 Å². The van der Waals surface area contributed by atoms with Gasteiger partial charge in [0.2, 0.25) is 10.0 Å². The van der Waals surface area contributed by atoms with Crippen molar-refractivity contribution in [2.45, 2.75) is 71.1 Å². The molecule has 4 aromatic rings. The number of hydrogen-bond donors (Lipinski definition) is 1. The molecule has 0 spiro atoms. The Bertz CT molecular complexity index is 1950. The van der Waals surface area contributed by atoms with Crippen molar-refractivity contribution >= 4 is 50.1 Å². The Morgan fingerprint density at radius 1 is 0.979 bits per heavy atom. The molecule has 8 nitrogen and oxygen atoms in total. The maximum Gasteiger partial charge on any atom is 0.339 e. The lowest BCUT2D eigenvalue weighted by molar-refractivity contribution is -0.119. The van der Waals surface area contributed by atoms with Gasteiger partial charge in [-0.25, -0.2) is 18.2 Å². The van der Waals surface area contributed by atoms with Gasteiger partial charge >= 0.3 is 5.97 Å².